The first-order valence-electron chi connectivity index (χ1n) is 8.61. The third-order valence-corrected chi connectivity index (χ3v) is 5.43. The van der Waals surface area contributed by atoms with Crippen LogP contribution in [0.2, 0.25) is 5.02 Å². The number of carbonyl (C=O) groups is 2. The first kappa shape index (κ1) is 18.1. The number of hydrogen-bond acceptors (Lipinski definition) is 3. The summed E-state index contributed by atoms with van der Waals surface area (Å²) in [6, 6.07) is 12.1. The zero-order valence-electron chi connectivity index (χ0n) is 14.3. The second-order valence-electron chi connectivity index (χ2n) is 6.41. The van der Waals surface area contributed by atoms with Crippen molar-refractivity contribution in [3.05, 3.63) is 63.3 Å². The highest BCUT2D eigenvalue weighted by molar-refractivity contribution is 9.10. The number of furan rings is 1. The van der Waals surface area contributed by atoms with Gasteiger partial charge in [-0.15, -0.1) is 0 Å². The van der Waals surface area contributed by atoms with E-state index in [1.807, 2.05) is 18.2 Å². The first-order valence-corrected chi connectivity index (χ1v) is 9.78. The van der Waals surface area contributed by atoms with Gasteiger partial charge in [0.1, 0.15) is 5.58 Å². The van der Waals surface area contributed by atoms with Crippen molar-refractivity contribution in [3.63, 3.8) is 0 Å². The molecule has 1 aromatic heterocycles. The van der Waals surface area contributed by atoms with E-state index in [9.17, 15) is 9.59 Å². The van der Waals surface area contributed by atoms with Gasteiger partial charge < -0.3 is 14.6 Å². The third-order valence-electron chi connectivity index (χ3n) is 4.57. The molecular formula is C20H16BrClN2O3. The Labute approximate surface area is 169 Å². The molecule has 1 aliphatic heterocycles. The van der Waals surface area contributed by atoms with Crippen LogP contribution in [0, 0.1) is 0 Å². The lowest BCUT2D eigenvalue weighted by Crippen LogP contribution is -2.28. The number of rotatable bonds is 3. The lowest BCUT2D eigenvalue weighted by atomic mass is 10.1. The fourth-order valence-electron chi connectivity index (χ4n) is 3.22. The summed E-state index contributed by atoms with van der Waals surface area (Å²) in [4.78, 5) is 27.3. The minimum Gasteiger partial charge on any atom is -0.450 e. The number of nitrogens with zero attached hydrogens (tertiary/aromatic N) is 1. The summed E-state index contributed by atoms with van der Waals surface area (Å²) in [5.74, 6) is -0.376. The molecule has 1 N–H and O–H groups in total. The molecule has 1 aliphatic rings. The number of anilines is 1. The fraction of sp³-hybridized carbons (Fsp3) is 0.200. The van der Waals surface area contributed by atoms with Gasteiger partial charge in [-0.1, -0.05) is 23.7 Å². The maximum Gasteiger partial charge on any atom is 0.291 e. The van der Waals surface area contributed by atoms with E-state index < -0.39 is 5.91 Å². The van der Waals surface area contributed by atoms with Crippen LogP contribution in [0.1, 0.15) is 33.8 Å². The van der Waals surface area contributed by atoms with Gasteiger partial charge in [0, 0.05) is 23.5 Å². The number of amides is 2. The standard InChI is InChI=1S/C20H16BrClN2O3/c21-15-5-3-4-12-10-17(27-18(12)15)19(25)23-16-11-13(22)6-7-14(16)20(26)24-8-1-2-9-24/h3-7,10-11H,1-2,8-9H2,(H,23,25). The zero-order chi connectivity index (χ0) is 19.0. The van der Waals surface area contributed by atoms with Crippen LogP contribution in [0.5, 0.6) is 0 Å². The van der Waals surface area contributed by atoms with Gasteiger partial charge in [0.25, 0.3) is 11.8 Å². The van der Waals surface area contributed by atoms with Crippen LogP contribution in [0.25, 0.3) is 11.0 Å². The Morgan fingerprint density at radius 2 is 1.89 bits per heavy atom. The molecule has 1 fully saturated rings. The lowest BCUT2D eigenvalue weighted by molar-refractivity contribution is 0.0794. The SMILES string of the molecule is O=C(Nc1cc(Cl)ccc1C(=O)N1CCCC1)c1cc2cccc(Br)c2o1. The highest BCUT2D eigenvalue weighted by Gasteiger charge is 2.23. The topological polar surface area (TPSA) is 62.6 Å². The molecule has 3 aromatic rings. The summed E-state index contributed by atoms with van der Waals surface area (Å²) >= 11 is 9.50. The second kappa shape index (κ2) is 7.37. The number of hydrogen-bond donors (Lipinski definition) is 1. The molecule has 1 saturated heterocycles. The molecule has 0 saturated carbocycles. The van der Waals surface area contributed by atoms with Gasteiger partial charge >= 0.3 is 0 Å². The minimum absolute atomic E-state index is 0.105. The zero-order valence-corrected chi connectivity index (χ0v) is 16.6. The summed E-state index contributed by atoms with van der Waals surface area (Å²) in [5, 5.41) is 4.03. The third kappa shape index (κ3) is 3.59. The normalized spacial score (nSPS) is 13.9. The number of likely N-dealkylation sites (tertiary alicyclic amines) is 1. The highest BCUT2D eigenvalue weighted by atomic mass is 79.9. The fourth-order valence-corrected chi connectivity index (χ4v) is 3.85. The molecule has 7 heteroatoms. The van der Waals surface area contributed by atoms with Crippen LogP contribution in [-0.4, -0.2) is 29.8 Å². The van der Waals surface area contributed by atoms with Gasteiger partial charge in [0.15, 0.2) is 5.76 Å². The van der Waals surface area contributed by atoms with E-state index >= 15 is 0 Å². The average molecular weight is 448 g/mol. The predicted octanol–water partition coefficient (Wildman–Crippen LogP) is 5.34. The minimum atomic E-state index is -0.434. The van der Waals surface area contributed by atoms with Crippen molar-refractivity contribution in [2.24, 2.45) is 0 Å². The predicted molar refractivity (Wildman–Crippen MR) is 108 cm³/mol. The van der Waals surface area contributed by atoms with Crippen molar-refractivity contribution < 1.29 is 14.0 Å². The number of carbonyl (C=O) groups excluding carboxylic acids is 2. The molecule has 0 radical (unpaired) electrons. The number of nitrogens with one attached hydrogen (secondary N) is 1. The Bertz CT molecular complexity index is 1040. The Morgan fingerprint density at radius 3 is 2.63 bits per heavy atom. The van der Waals surface area contributed by atoms with Crippen LogP contribution in [0.3, 0.4) is 0 Å². The Balaban J connectivity index is 1.64. The number of benzene rings is 2. The van der Waals surface area contributed by atoms with Gasteiger partial charge in [-0.25, -0.2) is 0 Å². The van der Waals surface area contributed by atoms with Crippen LogP contribution in [0.4, 0.5) is 5.69 Å². The molecule has 0 spiro atoms. The molecule has 27 heavy (non-hydrogen) atoms. The monoisotopic (exact) mass is 446 g/mol. The smallest absolute Gasteiger partial charge is 0.291 e. The molecule has 0 atom stereocenters. The van der Waals surface area contributed by atoms with Crippen molar-refractivity contribution in [3.8, 4) is 0 Å². The van der Waals surface area contributed by atoms with Crippen molar-refractivity contribution in [1.82, 2.24) is 4.90 Å². The molecule has 2 amide bonds. The summed E-state index contributed by atoms with van der Waals surface area (Å²) in [5.41, 5.74) is 1.40. The molecular weight excluding hydrogens is 432 g/mol. The van der Waals surface area contributed by atoms with E-state index in [1.165, 1.54) is 0 Å². The van der Waals surface area contributed by atoms with Gasteiger partial charge in [-0.05, 0) is 59.1 Å². The van der Waals surface area contributed by atoms with Crippen molar-refractivity contribution in [1.29, 1.82) is 0 Å². The molecule has 0 bridgehead atoms. The van der Waals surface area contributed by atoms with E-state index in [2.05, 4.69) is 21.2 Å². The summed E-state index contributed by atoms with van der Waals surface area (Å²) in [6.07, 6.45) is 1.99. The van der Waals surface area contributed by atoms with E-state index in [0.717, 1.165) is 35.8 Å². The Hall–Kier alpha value is -2.31. The largest absolute Gasteiger partial charge is 0.450 e. The van der Waals surface area contributed by atoms with Gasteiger partial charge in [0.05, 0.1) is 15.7 Å². The maximum absolute atomic E-state index is 12.8. The Kier molecular flexibility index (Phi) is 4.93. The molecule has 2 heterocycles. The van der Waals surface area contributed by atoms with E-state index in [4.69, 9.17) is 16.0 Å². The van der Waals surface area contributed by atoms with E-state index in [-0.39, 0.29) is 11.7 Å². The molecule has 138 valence electrons. The van der Waals surface area contributed by atoms with Crippen molar-refractivity contribution in [2.75, 3.05) is 18.4 Å². The van der Waals surface area contributed by atoms with E-state index in [1.54, 1.807) is 29.2 Å². The van der Waals surface area contributed by atoms with Crippen molar-refractivity contribution >= 4 is 56.0 Å². The maximum atomic E-state index is 12.8. The second-order valence-corrected chi connectivity index (χ2v) is 7.70. The van der Waals surface area contributed by atoms with Crippen LogP contribution < -0.4 is 5.32 Å². The molecule has 0 unspecified atom stereocenters. The first-order chi connectivity index (χ1) is 13.0. The summed E-state index contributed by atoms with van der Waals surface area (Å²) < 4.78 is 6.45. The quantitative estimate of drug-likeness (QED) is 0.590. The number of para-hydroxylation sites is 1. The summed E-state index contributed by atoms with van der Waals surface area (Å²) in [6.45, 7) is 1.46. The molecule has 0 aliphatic carbocycles. The lowest BCUT2D eigenvalue weighted by Gasteiger charge is -2.18. The van der Waals surface area contributed by atoms with Gasteiger partial charge in [-0.2, -0.15) is 0 Å². The van der Waals surface area contributed by atoms with Crippen LogP contribution in [-0.2, 0) is 0 Å². The highest BCUT2D eigenvalue weighted by Crippen LogP contribution is 2.29. The summed E-state index contributed by atoms with van der Waals surface area (Å²) in [7, 11) is 0. The average Bonchev–Trinajstić information content (AvgIpc) is 3.32. The molecule has 5 nitrogen and oxygen atoms in total. The number of halogens is 2. The number of fused-ring (bicyclic) bond motifs is 1. The van der Waals surface area contributed by atoms with Crippen molar-refractivity contribution in [2.45, 2.75) is 12.8 Å². The van der Waals surface area contributed by atoms with Gasteiger partial charge in [0.2, 0.25) is 0 Å². The van der Waals surface area contributed by atoms with Gasteiger partial charge in [-0.3, -0.25) is 9.59 Å². The van der Waals surface area contributed by atoms with Crippen LogP contribution in [0.15, 0.2) is 51.4 Å². The van der Waals surface area contributed by atoms with E-state index in [0.29, 0.717) is 21.9 Å². The molecule has 4 rings (SSSR count). The Morgan fingerprint density at radius 1 is 1.11 bits per heavy atom. The van der Waals surface area contributed by atoms with Crippen LogP contribution >= 0.6 is 27.5 Å². The molecule has 2 aromatic carbocycles.